The minimum atomic E-state index is -0.355. The highest BCUT2D eigenvalue weighted by molar-refractivity contribution is 5.87. The Kier molecular flexibility index (Phi) is 4.10. The third-order valence-electron chi connectivity index (χ3n) is 2.12. The van der Waals surface area contributed by atoms with Crippen LogP contribution in [0.4, 0.5) is 0 Å². The van der Waals surface area contributed by atoms with Crippen LogP contribution in [0.2, 0.25) is 0 Å². The Morgan fingerprint density at radius 3 is 2.93 bits per heavy atom. The molecule has 2 unspecified atom stereocenters. The Balaban J connectivity index is 2.36. The summed E-state index contributed by atoms with van der Waals surface area (Å²) in [6.07, 6.45) is -0.279. The Hall–Kier alpha value is -0.870. The lowest BCUT2D eigenvalue weighted by molar-refractivity contribution is -0.152. The van der Waals surface area contributed by atoms with Gasteiger partial charge in [-0.25, -0.2) is 4.79 Å². The SMILES string of the molecule is C=C(C)C(=O)OC(C)C1CNCCO1. The van der Waals surface area contributed by atoms with Crippen molar-refractivity contribution in [3.63, 3.8) is 0 Å². The number of carbonyl (C=O) groups is 1. The monoisotopic (exact) mass is 199 g/mol. The smallest absolute Gasteiger partial charge is 0.333 e. The van der Waals surface area contributed by atoms with Gasteiger partial charge in [0.15, 0.2) is 0 Å². The number of carbonyl (C=O) groups excluding carboxylic acids is 1. The first-order valence-corrected chi connectivity index (χ1v) is 4.80. The fourth-order valence-corrected chi connectivity index (χ4v) is 1.23. The summed E-state index contributed by atoms with van der Waals surface area (Å²) in [6.45, 7) is 9.24. The highest BCUT2D eigenvalue weighted by atomic mass is 16.6. The highest BCUT2D eigenvalue weighted by Crippen LogP contribution is 2.08. The van der Waals surface area contributed by atoms with Gasteiger partial charge in [0.25, 0.3) is 0 Å². The second-order valence-corrected chi connectivity index (χ2v) is 3.50. The van der Waals surface area contributed by atoms with Gasteiger partial charge in [-0.3, -0.25) is 0 Å². The zero-order valence-corrected chi connectivity index (χ0v) is 8.71. The van der Waals surface area contributed by atoms with Gasteiger partial charge in [0.1, 0.15) is 12.2 Å². The molecule has 0 saturated carbocycles. The molecule has 1 N–H and O–H groups in total. The number of esters is 1. The average Bonchev–Trinajstić information content (AvgIpc) is 2.19. The number of morpholine rings is 1. The van der Waals surface area contributed by atoms with E-state index < -0.39 is 0 Å². The molecule has 2 atom stereocenters. The Morgan fingerprint density at radius 2 is 2.43 bits per heavy atom. The van der Waals surface area contributed by atoms with Crippen molar-refractivity contribution in [3.8, 4) is 0 Å². The van der Waals surface area contributed by atoms with Gasteiger partial charge in [-0.15, -0.1) is 0 Å². The highest BCUT2D eigenvalue weighted by Gasteiger charge is 2.23. The number of nitrogens with one attached hydrogen (secondary N) is 1. The van der Waals surface area contributed by atoms with E-state index in [1.54, 1.807) is 6.92 Å². The maximum Gasteiger partial charge on any atom is 0.333 e. The molecule has 1 rings (SSSR count). The maximum absolute atomic E-state index is 11.2. The number of hydrogen-bond acceptors (Lipinski definition) is 4. The van der Waals surface area contributed by atoms with Crippen molar-refractivity contribution in [1.29, 1.82) is 0 Å². The molecule has 1 heterocycles. The molecular formula is C10H17NO3. The first kappa shape index (κ1) is 11.2. The Bertz CT molecular complexity index is 221. The molecule has 0 spiro atoms. The molecule has 80 valence electrons. The minimum Gasteiger partial charge on any atom is -0.457 e. The van der Waals surface area contributed by atoms with Crippen molar-refractivity contribution in [1.82, 2.24) is 5.32 Å². The molecule has 4 nitrogen and oxygen atoms in total. The van der Waals surface area contributed by atoms with Gasteiger partial charge >= 0.3 is 5.97 Å². The normalized spacial score (nSPS) is 24.0. The van der Waals surface area contributed by atoms with Crippen LogP contribution in [0.5, 0.6) is 0 Å². The topological polar surface area (TPSA) is 47.6 Å². The standard InChI is InChI=1S/C10H17NO3/c1-7(2)10(12)14-8(3)9-6-11-4-5-13-9/h8-9,11H,1,4-6H2,2-3H3. The molecule has 1 saturated heterocycles. The zero-order chi connectivity index (χ0) is 10.6. The van der Waals surface area contributed by atoms with E-state index in [0.717, 1.165) is 13.1 Å². The minimum absolute atomic E-state index is 0.0490. The third kappa shape index (κ3) is 3.12. The van der Waals surface area contributed by atoms with Gasteiger partial charge in [0.2, 0.25) is 0 Å². The van der Waals surface area contributed by atoms with Gasteiger partial charge in [-0.1, -0.05) is 6.58 Å². The fraction of sp³-hybridized carbons (Fsp3) is 0.700. The van der Waals surface area contributed by atoms with Crippen molar-refractivity contribution < 1.29 is 14.3 Å². The molecule has 4 heteroatoms. The number of ether oxygens (including phenoxy) is 2. The predicted octanol–water partition coefficient (Wildman–Crippen LogP) is 0.483. The van der Waals surface area contributed by atoms with E-state index in [9.17, 15) is 4.79 Å². The average molecular weight is 199 g/mol. The molecular weight excluding hydrogens is 182 g/mol. The van der Waals surface area contributed by atoms with E-state index in [2.05, 4.69) is 11.9 Å². The molecule has 0 radical (unpaired) electrons. The Labute approximate surface area is 84.3 Å². The maximum atomic E-state index is 11.2. The van der Waals surface area contributed by atoms with Crippen molar-refractivity contribution in [2.45, 2.75) is 26.1 Å². The van der Waals surface area contributed by atoms with Gasteiger partial charge in [-0.2, -0.15) is 0 Å². The Morgan fingerprint density at radius 1 is 1.71 bits per heavy atom. The van der Waals surface area contributed by atoms with Crippen LogP contribution in [0.3, 0.4) is 0 Å². The largest absolute Gasteiger partial charge is 0.457 e. The van der Waals surface area contributed by atoms with Crippen LogP contribution in [0.15, 0.2) is 12.2 Å². The molecule has 0 bridgehead atoms. The van der Waals surface area contributed by atoms with Crippen molar-refractivity contribution in [2.24, 2.45) is 0 Å². The quantitative estimate of drug-likeness (QED) is 0.530. The summed E-state index contributed by atoms with van der Waals surface area (Å²) in [4.78, 5) is 11.2. The second-order valence-electron chi connectivity index (χ2n) is 3.50. The first-order valence-electron chi connectivity index (χ1n) is 4.80. The van der Waals surface area contributed by atoms with Gasteiger partial charge < -0.3 is 14.8 Å². The lowest BCUT2D eigenvalue weighted by atomic mass is 10.2. The number of rotatable bonds is 3. The molecule has 1 fully saturated rings. The van der Waals surface area contributed by atoms with Crippen LogP contribution >= 0.6 is 0 Å². The lowest BCUT2D eigenvalue weighted by Crippen LogP contribution is -2.45. The molecule has 1 aliphatic heterocycles. The van der Waals surface area contributed by atoms with Crippen LogP contribution in [-0.2, 0) is 14.3 Å². The first-order chi connectivity index (χ1) is 6.61. The number of hydrogen-bond donors (Lipinski definition) is 1. The van der Waals surface area contributed by atoms with E-state index in [4.69, 9.17) is 9.47 Å². The molecule has 14 heavy (non-hydrogen) atoms. The van der Waals surface area contributed by atoms with Gasteiger partial charge in [0.05, 0.1) is 6.61 Å². The summed E-state index contributed by atoms with van der Waals surface area (Å²) in [5.74, 6) is -0.355. The van der Waals surface area contributed by atoms with E-state index in [-0.39, 0.29) is 18.2 Å². The molecule has 0 aromatic rings. The van der Waals surface area contributed by atoms with Crippen LogP contribution < -0.4 is 5.32 Å². The van der Waals surface area contributed by atoms with Gasteiger partial charge in [-0.05, 0) is 13.8 Å². The van der Waals surface area contributed by atoms with Crippen molar-refractivity contribution >= 4 is 5.97 Å². The fourth-order valence-electron chi connectivity index (χ4n) is 1.23. The van der Waals surface area contributed by atoms with Crippen LogP contribution in [0.25, 0.3) is 0 Å². The van der Waals surface area contributed by atoms with Crippen LogP contribution in [0.1, 0.15) is 13.8 Å². The molecule has 0 aromatic heterocycles. The summed E-state index contributed by atoms with van der Waals surface area (Å²) < 4.78 is 10.6. The van der Waals surface area contributed by atoms with E-state index in [1.807, 2.05) is 6.92 Å². The third-order valence-corrected chi connectivity index (χ3v) is 2.12. The van der Waals surface area contributed by atoms with Crippen LogP contribution in [-0.4, -0.2) is 37.9 Å². The van der Waals surface area contributed by atoms with Crippen molar-refractivity contribution in [3.05, 3.63) is 12.2 Å². The van der Waals surface area contributed by atoms with Crippen LogP contribution in [0, 0.1) is 0 Å². The zero-order valence-electron chi connectivity index (χ0n) is 8.71. The predicted molar refractivity (Wildman–Crippen MR) is 53.0 cm³/mol. The molecule has 1 aliphatic rings. The molecule has 0 aliphatic carbocycles. The summed E-state index contributed by atoms with van der Waals surface area (Å²) in [5.41, 5.74) is 0.417. The molecule has 0 amide bonds. The van der Waals surface area contributed by atoms with Crippen molar-refractivity contribution in [2.75, 3.05) is 19.7 Å². The lowest BCUT2D eigenvalue weighted by Gasteiger charge is -2.28. The van der Waals surface area contributed by atoms with Gasteiger partial charge in [0, 0.05) is 18.7 Å². The summed E-state index contributed by atoms with van der Waals surface area (Å²) >= 11 is 0. The molecule has 0 aromatic carbocycles. The second kappa shape index (κ2) is 5.12. The summed E-state index contributed by atoms with van der Waals surface area (Å²) in [6, 6.07) is 0. The van der Waals surface area contributed by atoms with E-state index in [1.165, 1.54) is 0 Å². The summed E-state index contributed by atoms with van der Waals surface area (Å²) in [7, 11) is 0. The summed E-state index contributed by atoms with van der Waals surface area (Å²) in [5, 5.41) is 3.18. The van der Waals surface area contributed by atoms with E-state index >= 15 is 0 Å². The van der Waals surface area contributed by atoms with E-state index in [0.29, 0.717) is 12.2 Å².